The molecule has 0 aromatic heterocycles. The molecule has 0 heterocycles. The van der Waals surface area contributed by atoms with Crippen LogP contribution < -0.4 is 9.47 Å². The van der Waals surface area contributed by atoms with Crippen molar-refractivity contribution >= 4 is 18.0 Å². The normalized spacial score (nSPS) is 12.4. The van der Waals surface area contributed by atoms with Crippen molar-refractivity contribution in [3.63, 3.8) is 0 Å². The van der Waals surface area contributed by atoms with Gasteiger partial charge in [0, 0.05) is 12.5 Å². The quantitative estimate of drug-likeness (QED) is 0.0864. The fourth-order valence-electron chi connectivity index (χ4n) is 2.88. The molecule has 0 fully saturated rings. The molecule has 0 aliphatic heterocycles. The Morgan fingerprint density at radius 2 is 1.42 bits per heavy atom. The Bertz CT molecular complexity index is 1080. The summed E-state index contributed by atoms with van der Waals surface area (Å²) >= 11 is 0. The zero-order valence-corrected chi connectivity index (χ0v) is 20.2. The summed E-state index contributed by atoms with van der Waals surface area (Å²) in [4.78, 5) is 23.9. The highest BCUT2D eigenvalue weighted by atomic mass is 19.4. The number of carbonyl (C=O) groups excluding carboxylic acids is 2. The minimum atomic E-state index is -6.37. The molecule has 208 valence electrons. The van der Waals surface area contributed by atoms with Crippen LogP contribution in [-0.2, 0) is 9.53 Å². The third kappa shape index (κ3) is 8.77. The predicted octanol–water partition coefficient (Wildman–Crippen LogP) is 7.25. The van der Waals surface area contributed by atoms with Crippen LogP contribution in [0.15, 0.2) is 54.6 Å². The first-order chi connectivity index (χ1) is 17.8. The molecule has 0 saturated heterocycles. The predicted molar refractivity (Wildman–Crippen MR) is 123 cm³/mol. The van der Waals surface area contributed by atoms with Crippen LogP contribution in [0.5, 0.6) is 11.5 Å². The summed E-state index contributed by atoms with van der Waals surface area (Å²) in [6.45, 7) is 1.76. The first kappa shape index (κ1) is 30.7. The number of benzene rings is 2. The Morgan fingerprint density at radius 3 is 2.00 bits per heavy atom. The van der Waals surface area contributed by atoms with Gasteiger partial charge in [-0.15, -0.1) is 0 Å². The molecular weight excluding hydrogens is 525 g/mol. The summed E-state index contributed by atoms with van der Waals surface area (Å²) in [5.41, 5.74) is 0.770. The molecule has 0 atom stereocenters. The highest BCUT2D eigenvalue weighted by molar-refractivity contribution is 5.91. The first-order valence-corrected chi connectivity index (χ1v) is 11.5. The molecule has 0 amide bonds. The summed E-state index contributed by atoms with van der Waals surface area (Å²) < 4.78 is 104. The van der Waals surface area contributed by atoms with Crippen molar-refractivity contribution in [3.05, 3.63) is 65.7 Å². The SMILES string of the molecule is CCCCOC(=O)/C=C/c1ccc(OC(=O)c2ccc(OCCCC(F)(F)C(F)(F)C(F)(F)F)cc2)cc1. The van der Waals surface area contributed by atoms with Gasteiger partial charge in [-0.2, -0.15) is 30.7 Å². The summed E-state index contributed by atoms with van der Waals surface area (Å²) in [6.07, 6.45) is -4.37. The number of ether oxygens (including phenoxy) is 3. The Balaban J connectivity index is 1.82. The van der Waals surface area contributed by atoms with Crippen LogP contribution in [-0.4, -0.2) is 43.2 Å². The van der Waals surface area contributed by atoms with Crippen molar-refractivity contribution in [2.24, 2.45) is 0 Å². The molecule has 2 aromatic rings. The van der Waals surface area contributed by atoms with Crippen molar-refractivity contribution in [3.8, 4) is 11.5 Å². The molecule has 12 heteroatoms. The molecule has 0 aliphatic rings. The molecule has 0 N–H and O–H groups in total. The van der Waals surface area contributed by atoms with Crippen molar-refractivity contribution in [1.29, 1.82) is 0 Å². The molecule has 0 spiro atoms. The van der Waals surface area contributed by atoms with Crippen molar-refractivity contribution in [2.45, 2.75) is 50.6 Å². The maximum absolute atomic E-state index is 13.3. The zero-order chi connectivity index (χ0) is 28.4. The average molecular weight is 550 g/mol. The second-order valence-corrected chi connectivity index (χ2v) is 8.07. The van der Waals surface area contributed by atoms with E-state index >= 15 is 0 Å². The fraction of sp³-hybridized carbons (Fsp3) is 0.385. The smallest absolute Gasteiger partial charge is 0.459 e. The molecule has 0 radical (unpaired) electrons. The third-order valence-corrected chi connectivity index (χ3v) is 5.05. The lowest BCUT2D eigenvalue weighted by molar-refractivity contribution is -0.355. The van der Waals surface area contributed by atoms with Crippen LogP contribution in [0.2, 0.25) is 0 Å². The van der Waals surface area contributed by atoms with Gasteiger partial charge in [-0.1, -0.05) is 25.5 Å². The number of rotatable bonds is 13. The van der Waals surface area contributed by atoms with Gasteiger partial charge in [0.2, 0.25) is 0 Å². The molecule has 5 nitrogen and oxygen atoms in total. The van der Waals surface area contributed by atoms with Crippen LogP contribution in [0.25, 0.3) is 6.08 Å². The van der Waals surface area contributed by atoms with Gasteiger partial charge in [0.1, 0.15) is 11.5 Å². The summed E-state index contributed by atoms with van der Waals surface area (Å²) in [6, 6.07) is 11.4. The van der Waals surface area contributed by atoms with E-state index in [4.69, 9.17) is 14.2 Å². The first-order valence-electron chi connectivity index (χ1n) is 11.5. The van der Waals surface area contributed by atoms with Crippen LogP contribution in [0.1, 0.15) is 48.5 Å². The lowest BCUT2D eigenvalue weighted by Crippen LogP contribution is -2.51. The standard InChI is InChI=1S/C26H25F7O5/c1-2-3-16-37-22(34)14-7-18-5-10-21(11-6-18)38-23(35)19-8-12-20(13-9-19)36-17-4-15-24(27,28)25(29,30)26(31,32)33/h5-14H,2-4,15-17H2,1H3/b14-7+. The van der Waals surface area contributed by atoms with Gasteiger partial charge in [-0.25, -0.2) is 9.59 Å². The lowest BCUT2D eigenvalue weighted by Gasteiger charge is -2.28. The molecule has 0 bridgehead atoms. The van der Waals surface area contributed by atoms with Gasteiger partial charge in [0.05, 0.1) is 18.8 Å². The Labute approximate surface area is 214 Å². The molecular formula is C26H25F7O5. The molecule has 0 saturated carbocycles. The van der Waals surface area contributed by atoms with Gasteiger partial charge < -0.3 is 14.2 Å². The van der Waals surface area contributed by atoms with Crippen LogP contribution in [0, 0.1) is 0 Å². The Kier molecular flexibility index (Phi) is 10.7. The molecule has 2 rings (SSSR count). The fourth-order valence-corrected chi connectivity index (χ4v) is 2.88. The van der Waals surface area contributed by atoms with Crippen molar-refractivity contribution in [1.82, 2.24) is 0 Å². The number of alkyl halides is 7. The number of unbranched alkanes of at least 4 members (excludes halogenated alkanes) is 1. The monoisotopic (exact) mass is 550 g/mol. The van der Waals surface area contributed by atoms with Crippen LogP contribution >= 0.6 is 0 Å². The lowest BCUT2D eigenvalue weighted by atomic mass is 10.1. The molecule has 0 unspecified atom stereocenters. The van der Waals surface area contributed by atoms with E-state index in [1.54, 1.807) is 18.2 Å². The average Bonchev–Trinajstić information content (AvgIpc) is 2.86. The molecule has 38 heavy (non-hydrogen) atoms. The highest BCUT2D eigenvalue weighted by Gasteiger charge is 2.72. The minimum Gasteiger partial charge on any atom is -0.494 e. The van der Waals surface area contributed by atoms with E-state index in [1.807, 2.05) is 6.92 Å². The van der Waals surface area contributed by atoms with E-state index in [0.717, 1.165) is 12.8 Å². The van der Waals surface area contributed by atoms with Crippen LogP contribution in [0.4, 0.5) is 30.7 Å². The summed E-state index contributed by atoms with van der Waals surface area (Å²) in [7, 11) is 0. The van der Waals surface area contributed by atoms with E-state index in [-0.39, 0.29) is 17.1 Å². The maximum Gasteiger partial charge on any atom is 0.459 e. The number of hydrogen-bond acceptors (Lipinski definition) is 5. The summed E-state index contributed by atoms with van der Waals surface area (Å²) in [5.74, 6) is -12.3. The van der Waals surface area contributed by atoms with E-state index in [2.05, 4.69) is 0 Å². The van der Waals surface area contributed by atoms with Gasteiger partial charge in [-0.3, -0.25) is 0 Å². The largest absolute Gasteiger partial charge is 0.494 e. The van der Waals surface area contributed by atoms with Crippen molar-refractivity contribution in [2.75, 3.05) is 13.2 Å². The van der Waals surface area contributed by atoms with E-state index in [9.17, 15) is 40.3 Å². The van der Waals surface area contributed by atoms with Crippen LogP contribution in [0.3, 0.4) is 0 Å². The second kappa shape index (κ2) is 13.3. The maximum atomic E-state index is 13.3. The number of hydrogen-bond donors (Lipinski definition) is 0. The highest BCUT2D eigenvalue weighted by Crippen LogP contribution is 2.48. The van der Waals surface area contributed by atoms with Gasteiger partial charge in [0.15, 0.2) is 0 Å². The Morgan fingerprint density at radius 1 is 0.816 bits per heavy atom. The Hall–Kier alpha value is -3.57. The number of esters is 2. The number of halogens is 7. The van der Waals surface area contributed by atoms with Crippen molar-refractivity contribution < 1.29 is 54.5 Å². The second-order valence-electron chi connectivity index (χ2n) is 8.07. The number of carbonyl (C=O) groups is 2. The minimum absolute atomic E-state index is 0.0804. The van der Waals surface area contributed by atoms with E-state index in [1.165, 1.54) is 42.5 Å². The third-order valence-electron chi connectivity index (χ3n) is 5.05. The topological polar surface area (TPSA) is 61.8 Å². The van der Waals surface area contributed by atoms with E-state index in [0.29, 0.717) is 12.2 Å². The molecule has 2 aromatic carbocycles. The van der Waals surface area contributed by atoms with Gasteiger partial charge in [0.25, 0.3) is 0 Å². The molecule has 0 aliphatic carbocycles. The summed E-state index contributed by atoms with van der Waals surface area (Å²) in [5, 5.41) is 0. The van der Waals surface area contributed by atoms with E-state index < -0.39 is 49.4 Å². The van der Waals surface area contributed by atoms with Gasteiger partial charge in [-0.05, 0) is 60.9 Å². The zero-order valence-electron chi connectivity index (χ0n) is 20.2. The van der Waals surface area contributed by atoms with Gasteiger partial charge >= 0.3 is 30.0 Å².